The van der Waals surface area contributed by atoms with E-state index in [9.17, 15) is 9.59 Å². The van der Waals surface area contributed by atoms with Gasteiger partial charge in [-0.05, 0) is 38.9 Å². The zero-order chi connectivity index (χ0) is 15.7. The van der Waals surface area contributed by atoms with Crippen LogP contribution in [0.2, 0.25) is 0 Å². The molecule has 3 rings (SSSR count). The SMILES string of the molecule is C[C@H](C(=O)NC1CC1)N(C)Cc1nc2ccccc2c(=O)[nH]1. The van der Waals surface area contributed by atoms with Gasteiger partial charge in [-0.3, -0.25) is 14.5 Å². The highest BCUT2D eigenvalue weighted by molar-refractivity contribution is 5.81. The average molecular weight is 300 g/mol. The molecule has 1 fully saturated rings. The number of nitrogens with one attached hydrogen (secondary N) is 2. The molecule has 1 saturated carbocycles. The largest absolute Gasteiger partial charge is 0.352 e. The van der Waals surface area contributed by atoms with E-state index < -0.39 is 0 Å². The fourth-order valence-corrected chi connectivity index (χ4v) is 2.33. The van der Waals surface area contributed by atoms with E-state index in [4.69, 9.17) is 0 Å². The van der Waals surface area contributed by atoms with Crippen LogP contribution in [0, 0.1) is 0 Å². The number of benzene rings is 1. The van der Waals surface area contributed by atoms with E-state index >= 15 is 0 Å². The number of nitrogens with zero attached hydrogens (tertiary/aromatic N) is 2. The summed E-state index contributed by atoms with van der Waals surface area (Å²) in [5.41, 5.74) is 0.522. The van der Waals surface area contributed by atoms with Crippen molar-refractivity contribution in [3.05, 3.63) is 40.4 Å². The van der Waals surface area contributed by atoms with Gasteiger partial charge < -0.3 is 10.3 Å². The summed E-state index contributed by atoms with van der Waals surface area (Å²) < 4.78 is 0. The first-order valence-electron chi connectivity index (χ1n) is 7.53. The zero-order valence-corrected chi connectivity index (χ0v) is 12.8. The Morgan fingerprint density at radius 2 is 2.18 bits per heavy atom. The number of aromatic nitrogens is 2. The number of amides is 1. The molecule has 1 aliphatic rings. The molecule has 6 nitrogen and oxygen atoms in total. The Morgan fingerprint density at radius 3 is 2.91 bits per heavy atom. The molecule has 2 N–H and O–H groups in total. The topological polar surface area (TPSA) is 78.1 Å². The van der Waals surface area contributed by atoms with Crippen LogP contribution < -0.4 is 10.9 Å². The number of rotatable bonds is 5. The van der Waals surface area contributed by atoms with Crippen LogP contribution in [0.1, 0.15) is 25.6 Å². The fourth-order valence-electron chi connectivity index (χ4n) is 2.33. The van der Waals surface area contributed by atoms with Gasteiger partial charge in [0.15, 0.2) is 0 Å². The predicted molar refractivity (Wildman–Crippen MR) is 84.5 cm³/mol. The Balaban J connectivity index is 1.74. The van der Waals surface area contributed by atoms with E-state index in [0.717, 1.165) is 12.8 Å². The van der Waals surface area contributed by atoms with Gasteiger partial charge in [-0.2, -0.15) is 0 Å². The van der Waals surface area contributed by atoms with Gasteiger partial charge in [0.05, 0.1) is 23.5 Å². The lowest BCUT2D eigenvalue weighted by atomic mass is 10.2. The van der Waals surface area contributed by atoms with E-state index in [1.807, 2.05) is 37.1 Å². The van der Waals surface area contributed by atoms with Crippen molar-refractivity contribution in [2.45, 2.75) is 38.4 Å². The molecule has 0 aliphatic heterocycles. The first-order chi connectivity index (χ1) is 10.5. The van der Waals surface area contributed by atoms with Crippen molar-refractivity contribution in [1.82, 2.24) is 20.2 Å². The highest BCUT2D eigenvalue weighted by atomic mass is 16.2. The molecule has 0 saturated heterocycles. The molecule has 0 unspecified atom stereocenters. The third-order valence-electron chi connectivity index (χ3n) is 4.03. The van der Waals surface area contributed by atoms with E-state index in [-0.39, 0.29) is 17.5 Å². The van der Waals surface area contributed by atoms with Gasteiger partial charge in [-0.25, -0.2) is 4.98 Å². The van der Waals surface area contributed by atoms with Crippen molar-refractivity contribution < 1.29 is 4.79 Å². The molecule has 1 aliphatic carbocycles. The Morgan fingerprint density at radius 1 is 1.45 bits per heavy atom. The number of para-hydroxylation sites is 1. The first kappa shape index (κ1) is 14.7. The fraction of sp³-hybridized carbons (Fsp3) is 0.438. The number of H-pyrrole nitrogens is 1. The van der Waals surface area contributed by atoms with Crippen molar-refractivity contribution in [2.24, 2.45) is 0 Å². The third-order valence-corrected chi connectivity index (χ3v) is 4.03. The van der Waals surface area contributed by atoms with Crippen molar-refractivity contribution in [2.75, 3.05) is 7.05 Å². The number of likely N-dealkylation sites (N-methyl/N-ethyl adjacent to an activating group) is 1. The van der Waals surface area contributed by atoms with Gasteiger partial charge in [-0.15, -0.1) is 0 Å². The number of carbonyl (C=O) groups is 1. The molecule has 0 spiro atoms. The summed E-state index contributed by atoms with van der Waals surface area (Å²) in [6.45, 7) is 2.27. The molecule has 1 heterocycles. The van der Waals surface area contributed by atoms with Crippen molar-refractivity contribution in [1.29, 1.82) is 0 Å². The number of hydrogen-bond acceptors (Lipinski definition) is 4. The normalized spacial score (nSPS) is 16.0. The van der Waals surface area contributed by atoms with Crippen LogP contribution in [0.5, 0.6) is 0 Å². The van der Waals surface area contributed by atoms with Crippen LogP contribution in [0.15, 0.2) is 29.1 Å². The minimum atomic E-state index is -0.266. The van der Waals surface area contributed by atoms with Gasteiger partial charge in [0, 0.05) is 6.04 Å². The lowest BCUT2D eigenvalue weighted by molar-refractivity contribution is -0.125. The molecule has 1 aromatic carbocycles. The lowest BCUT2D eigenvalue weighted by Crippen LogP contribution is -2.44. The molecule has 22 heavy (non-hydrogen) atoms. The van der Waals surface area contributed by atoms with Crippen LogP contribution in [0.4, 0.5) is 0 Å². The maximum Gasteiger partial charge on any atom is 0.258 e. The number of hydrogen-bond donors (Lipinski definition) is 2. The molecule has 2 aromatic rings. The quantitative estimate of drug-likeness (QED) is 0.864. The van der Waals surface area contributed by atoms with Gasteiger partial charge in [0.25, 0.3) is 5.56 Å². The van der Waals surface area contributed by atoms with Gasteiger partial charge >= 0.3 is 0 Å². The monoisotopic (exact) mass is 300 g/mol. The highest BCUT2D eigenvalue weighted by Gasteiger charge is 2.27. The minimum absolute atomic E-state index is 0.0214. The summed E-state index contributed by atoms with van der Waals surface area (Å²) in [6.07, 6.45) is 2.14. The van der Waals surface area contributed by atoms with Crippen LogP contribution in [-0.4, -0.2) is 39.9 Å². The van der Waals surface area contributed by atoms with Gasteiger partial charge in [0.2, 0.25) is 5.91 Å². The van der Waals surface area contributed by atoms with E-state index in [1.165, 1.54) is 0 Å². The smallest absolute Gasteiger partial charge is 0.258 e. The molecule has 1 atom stereocenters. The number of carbonyl (C=O) groups excluding carboxylic acids is 1. The Hall–Kier alpha value is -2.21. The van der Waals surface area contributed by atoms with E-state index in [2.05, 4.69) is 15.3 Å². The Labute approximate surface area is 128 Å². The first-order valence-corrected chi connectivity index (χ1v) is 7.53. The molecule has 6 heteroatoms. The minimum Gasteiger partial charge on any atom is -0.352 e. The number of fused-ring (bicyclic) bond motifs is 1. The van der Waals surface area contributed by atoms with Crippen LogP contribution in [0.25, 0.3) is 10.9 Å². The summed E-state index contributed by atoms with van der Waals surface area (Å²) >= 11 is 0. The summed E-state index contributed by atoms with van der Waals surface area (Å²) in [7, 11) is 1.85. The zero-order valence-electron chi connectivity index (χ0n) is 12.8. The average Bonchev–Trinajstić information content (AvgIpc) is 3.30. The summed E-state index contributed by atoms with van der Waals surface area (Å²) in [5, 5.41) is 3.57. The van der Waals surface area contributed by atoms with Crippen LogP contribution in [0.3, 0.4) is 0 Å². The molecule has 0 bridgehead atoms. The van der Waals surface area contributed by atoms with E-state index in [0.29, 0.717) is 29.3 Å². The molecular formula is C16H20N4O2. The summed E-state index contributed by atoms with van der Waals surface area (Å²) in [6, 6.07) is 7.32. The van der Waals surface area contributed by atoms with E-state index in [1.54, 1.807) is 6.07 Å². The summed E-state index contributed by atoms with van der Waals surface area (Å²) in [5.74, 6) is 0.588. The highest BCUT2D eigenvalue weighted by Crippen LogP contribution is 2.19. The second-order valence-electron chi connectivity index (χ2n) is 5.90. The van der Waals surface area contributed by atoms with Gasteiger partial charge in [0.1, 0.15) is 5.82 Å². The molecular weight excluding hydrogens is 280 g/mol. The number of aromatic amines is 1. The standard InChI is InChI=1S/C16H20N4O2/c1-10(15(21)17-11-7-8-11)20(2)9-14-18-13-6-4-3-5-12(13)16(22)19-14/h3-6,10-11H,7-9H2,1-2H3,(H,17,21)(H,18,19,22)/t10-/m1/s1. The second-order valence-corrected chi connectivity index (χ2v) is 5.90. The molecule has 0 radical (unpaired) electrons. The summed E-state index contributed by atoms with van der Waals surface area (Å²) in [4.78, 5) is 33.2. The molecule has 1 aromatic heterocycles. The lowest BCUT2D eigenvalue weighted by Gasteiger charge is -2.23. The van der Waals surface area contributed by atoms with Crippen molar-refractivity contribution in [3.63, 3.8) is 0 Å². The van der Waals surface area contributed by atoms with Crippen molar-refractivity contribution >= 4 is 16.8 Å². The maximum absolute atomic E-state index is 12.1. The molecule has 116 valence electrons. The maximum atomic E-state index is 12.1. The van der Waals surface area contributed by atoms with Gasteiger partial charge in [-0.1, -0.05) is 12.1 Å². The Kier molecular flexibility index (Phi) is 3.94. The third kappa shape index (κ3) is 3.17. The second kappa shape index (κ2) is 5.88. The molecule has 1 amide bonds. The predicted octanol–water partition coefficient (Wildman–Crippen LogP) is 1.02. The Bertz CT molecular complexity index is 751. The van der Waals surface area contributed by atoms with Crippen LogP contribution >= 0.6 is 0 Å². The van der Waals surface area contributed by atoms with Crippen LogP contribution in [-0.2, 0) is 11.3 Å². The van der Waals surface area contributed by atoms with Crippen molar-refractivity contribution in [3.8, 4) is 0 Å².